The van der Waals surface area contributed by atoms with Gasteiger partial charge in [-0.25, -0.2) is 9.69 Å². The fourth-order valence-corrected chi connectivity index (χ4v) is 2.96. The van der Waals surface area contributed by atoms with Gasteiger partial charge in [-0.1, -0.05) is 6.92 Å². The summed E-state index contributed by atoms with van der Waals surface area (Å²) in [7, 11) is 0. The predicted octanol–water partition coefficient (Wildman–Crippen LogP) is 1.85. The van der Waals surface area contributed by atoms with E-state index in [1.165, 1.54) is 0 Å². The van der Waals surface area contributed by atoms with E-state index < -0.39 is 17.9 Å². The number of likely N-dealkylation sites (tertiary alicyclic amines) is 1. The summed E-state index contributed by atoms with van der Waals surface area (Å²) in [5.74, 6) is -1.02. The lowest BCUT2D eigenvalue weighted by Gasteiger charge is -2.33. The van der Waals surface area contributed by atoms with Crippen molar-refractivity contribution in [3.63, 3.8) is 0 Å². The second-order valence-corrected chi connectivity index (χ2v) is 6.19. The molecule has 0 bridgehead atoms. The number of nitrogens with zero attached hydrogens (tertiary/aromatic N) is 1. The summed E-state index contributed by atoms with van der Waals surface area (Å²) in [6.45, 7) is 1.89. The van der Waals surface area contributed by atoms with E-state index in [1.54, 1.807) is 31.2 Å². The molecule has 5 N–H and O–H groups in total. The maximum absolute atomic E-state index is 12.1. The van der Waals surface area contributed by atoms with E-state index in [1.807, 2.05) is 0 Å². The molecule has 0 aliphatic carbocycles. The van der Waals surface area contributed by atoms with Gasteiger partial charge >= 0.3 is 6.09 Å². The van der Waals surface area contributed by atoms with Crippen LogP contribution in [0.4, 0.5) is 10.5 Å². The number of nitrogens with one attached hydrogen (secondary N) is 2. The molecular formula is C17H22N4O4. The van der Waals surface area contributed by atoms with E-state index >= 15 is 0 Å². The van der Waals surface area contributed by atoms with E-state index in [0.29, 0.717) is 24.1 Å². The maximum atomic E-state index is 12.1. The van der Waals surface area contributed by atoms with Crippen LogP contribution in [0.1, 0.15) is 31.7 Å². The van der Waals surface area contributed by atoms with Crippen molar-refractivity contribution in [3.8, 4) is 0 Å². The molecule has 134 valence electrons. The van der Waals surface area contributed by atoms with Crippen molar-refractivity contribution >= 4 is 29.4 Å². The molecule has 1 heterocycles. The van der Waals surface area contributed by atoms with Crippen LogP contribution in [0.3, 0.4) is 0 Å². The summed E-state index contributed by atoms with van der Waals surface area (Å²) in [6.07, 6.45) is 0.128. The van der Waals surface area contributed by atoms with Crippen LogP contribution in [0.15, 0.2) is 24.3 Å². The van der Waals surface area contributed by atoms with Gasteiger partial charge in [0.25, 0.3) is 0 Å². The zero-order valence-electron chi connectivity index (χ0n) is 14.0. The fourth-order valence-electron chi connectivity index (χ4n) is 2.96. The lowest BCUT2D eigenvalue weighted by molar-refractivity contribution is -0.138. The molecule has 25 heavy (non-hydrogen) atoms. The van der Waals surface area contributed by atoms with Crippen molar-refractivity contribution in [2.75, 3.05) is 11.9 Å². The summed E-state index contributed by atoms with van der Waals surface area (Å²) in [4.78, 5) is 35.9. The quantitative estimate of drug-likeness (QED) is 0.476. The Hall–Kier alpha value is -2.90. The van der Waals surface area contributed by atoms with Gasteiger partial charge in [0.05, 0.1) is 0 Å². The zero-order chi connectivity index (χ0) is 18.6. The molecule has 0 saturated carbocycles. The Kier molecular flexibility index (Phi) is 5.74. The molecule has 8 heteroatoms. The highest BCUT2D eigenvalue weighted by molar-refractivity contribution is 5.96. The highest BCUT2D eigenvalue weighted by Crippen LogP contribution is 2.28. The number of hydrogen-bond donors (Lipinski definition) is 4. The summed E-state index contributed by atoms with van der Waals surface area (Å²) >= 11 is 0. The van der Waals surface area contributed by atoms with Crippen molar-refractivity contribution in [1.82, 2.24) is 4.90 Å². The van der Waals surface area contributed by atoms with Crippen molar-refractivity contribution in [2.24, 2.45) is 17.6 Å². The largest absolute Gasteiger partial charge is 0.465 e. The van der Waals surface area contributed by atoms with Crippen LogP contribution >= 0.6 is 0 Å². The SMILES string of the molecule is CC1C(=O)N(C(=O)O)CCC1CCC(=O)Nc1ccc(C(=N)N)cc1. The van der Waals surface area contributed by atoms with E-state index in [4.69, 9.17) is 16.2 Å². The van der Waals surface area contributed by atoms with Crippen LogP contribution < -0.4 is 11.1 Å². The molecule has 1 fully saturated rings. The van der Waals surface area contributed by atoms with Crippen molar-refractivity contribution in [1.29, 1.82) is 5.41 Å². The highest BCUT2D eigenvalue weighted by atomic mass is 16.4. The van der Waals surface area contributed by atoms with Crippen LogP contribution in [0.25, 0.3) is 0 Å². The molecule has 1 aliphatic heterocycles. The average molecular weight is 346 g/mol. The third-order valence-electron chi connectivity index (χ3n) is 4.54. The lowest BCUT2D eigenvalue weighted by Crippen LogP contribution is -2.47. The van der Waals surface area contributed by atoms with Crippen molar-refractivity contribution in [2.45, 2.75) is 26.2 Å². The zero-order valence-corrected chi connectivity index (χ0v) is 14.0. The molecule has 2 rings (SSSR count). The Morgan fingerprint density at radius 3 is 2.56 bits per heavy atom. The first-order valence-corrected chi connectivity index (χ1v) is 8.08. The number of benzene rings is 1. The summed E-state index contributed by atoms with van der Waals surface area (Å²) in [5, 5.41) is 19.1. The smallest absolute Gasteiger partial charge is 0.414 e. The van der Waals surface area contributed by atoms with Gasteiger partial charge in [0.2, 0.25) is 11.8 Å². The number of anilines is 1. The first kappa shape index (κ1) is 18.4. The number of amidine groups is 1. The molecule has 3 amide bonds. The van der Waals surface area contributed by atoms with Crippen molar-refractivity contribution < 1.29 is 19.5 Å². The van der Waals surface area contributed by atoms with E-state index in [-0.39, 0.29) is 30.6 Å². The number of imide groups is 1. The van der Waals surface area contributed by atoms with Gasteiger partial charge < -0.3 is 16.2 Å². The molecule has 2 unspecified atom stereocenters. The molecule has 8 nitrogen and oxygen atoms in total. The Bertz CT molecular complexity index is 686. The van der Waals surface area contributed by atoms with Gasteiger partial charge in [-0.05, 0) is 43.0 Å². The van der Waals surface area contributed by atoms with Gasteiger partial charge in [0.15, 0.2) is 0 Å². The maximum Gasteiger partial charge on any atom is 0.414 e. The Morgan fingerprint density at radius 2 is 2.00 bits per heavy atom. The van der Waals surface area contributed by atoms with Crippen LogP contribution in [0.5, 0.6) is 0 Å². The van der Waals surface area contributed by atoms with Gasteiger partial charge in [0.1, 0.15) is 5.84 Å². The van der Waals surface area contributed by atoms with Crippen molar-refractivity contribution in [3.05, 3.63) is 29.8 Å². The predicted molar refractivity (Wildman–Crippen MR) is 92.3 cm³/mol. The third kappa shape index (κ3) is 4.56. The van der Waals surface area contributed by atoms with E-state index in [2.05, 4.69) is 5.32 Å². The topological polar surface area (TPSA) is 137 Å². The highest BCUT2D eigenvalue weighted by Gasteiger charge is 2.36. The molecule has 0 aromatic heterocycles. The van der Waals surface area contributed by atoms with Gasteiger partial charge in [-0.3, -0.25) is 15.0 Å². The first-order chi connectivity index (χ1) is 11.8. The minimum absolute atomic E-state index is 0.00561. The summed E-state index contributed by atoms with van der Waals surface area (Å²) in [6, 6.07) is 6.65. The van der Waals surface area contributed by atoms with Crippen LogP contribution in [-0.4, -0.2) is 40.3 Å². The molecule has 1 aromatic rings. The number of amides is 3. The van der Waals surface area contributed by atoms with Crippen LogP contribution in [0, 0.1) is 17.2 Å². The van der Waals surface area contributed by atoms with E-state index in [9.17, 15) is 14.4 Å². The standard InChI is InChI=1S/C17H22N4O4/c1-10-11(8-9-21(16(10)23)17(24)25)4-7-14(22)20-13-5-2-12(3-6-13)15(18)19/h2-3,5-6,10-11H,4,7-9H2,1H3,(H3,18,19)(H,20,22)(H,24,25). The number of hydrogen-bond acceptors (Lipinski definition) is 4. The van der Waals surface area contributed by atoms with Gasteiger partial charge in [-0.2, -0.15) is 0 Å². The fraction of sp³-hybridized carbons (Fsp3) is 0.412. The minimum Gasteiger partial charge on any atom is -0.465 e. The summed E-state index contributed by atoms with van der Waals surface area (Å²) in [5.41, 5.74) is 6.57. The monoisotopic (exact) mass is 346 g/mol. The molecule has 0 radical (unpaired) electrons. The molecular weight excluding hydrogens is 324 g/mol. The summed E-state index contributed by atoms with van der Waals surface area (Å²) < 4.78 is 0. The van der Waals surface area contributed by atoms with Crippen LogP contribution in [0.2, 0.25) is 0 Å². The Morgan fingerprint density at radius 1 is 1.36 bits per heavy atom. The van der Waals surface area contributed by atoms with E-state index in [0.717, 1.165) is 4.90 Å². The second kappa shape index (κ2) is 7.78. The average Bonchev–Trinajstić information content (AvgIpc) is 2.56. The number of nitrogen functional groups attached to an aromatic ring is 1. The number of rotatable bonds is 5. The number of carboxylic acid groups (broad SMARTS) is 1. The minimum atomic E-state index is -1.22. The first-order valence-electron chi connectivity index (χ1n) is 8.08. The molecule has 1 saturated heterocycles. The molecule has 1 aromatic carbocycles. The van der Waals surface area contributed by atoms with Gasteiger partial charge in [-0.15, -0.1) is 0 Å². The Balaban J connectivity index is 1.84. The number of nitrogens with two attached hydrogens (primary N) is 1. The molecule has 0 spiro atoms. The number of carbonyl (C=O) groups excluding carboxylic acids is 2. The van der Waals surface area contributed by atoms with Gasteiger partial charge in [0, 0.05) is 30.1 Å². The second-order valence-electron chi connectivity index (χ2n) is 6.19. The third-order valence-corrected chi connectivity index (χ3v) is 4.54. The number of piperidine rings is 1. The lowest BCUT2D eigenvalue weighted by atomic mass is 9.83. The number of carbonyl (C=O) groups is 3. The van der Waals surface area contributed by atoms with Crippen LogP contribution in [-0.2, 0) is 9.59 Å². The normalized spacial score (nSPS) is 20.2. The molecule has 1 aliphatic rings. The molecule has 2 atom stereocenters. The Labute approximate surface area is 145 Å².